The van der Waals surface area contributed by atoms with E-state index >= 15 is 0 Å². The third-order valence-electron chi connectivity index (χ3n) is 4.66. The van der Waals surface area contributed by atoms with Crippen LogP contribution >= 0.6 is 0 Å². The van der Waals surface area contributed by atoms with Gasteiger partial charge in [0.2, 0.25) is 5.95 Å². The van der Waals surface area contributed by atoms with Crippen molar-refractivity contribution in [3.63, 3.8) is 0 Å². The van der Waals surface area contributed by atoms with Crippen LogP contribution in [0.25, 0.3) is 0 Å². The molecule has 0 radical (unpaired) electrons. The fourth-order valence-electron chi connectivity index (χ4n) is 2.97. The molecule has 0 unspecified atom stereocenters. The van der Waals surface area contributed by atoms with E-state index < -0.39 is 0 Å². The third-order valence-corrected chi connectivity index (χ3v) is 4.66. The summed E-state index contributed by atoms with van der Waals surface area (Å²) in [5, 5.41) is 0. The van der Waals surface area contributed by atoms with Gasteiger partial charge in [0.1, 0.15) is 12.1 Å². The Kier molecular flexibility index (Phi) is 3.81. The molecule has 23 heavy (non-hydrogen) atoms. The lowest BCUT2D eigenvalue weighted by atomic mass is 10.2. The number of hydrogen-bond acceptors (Lipinski definition) is 6. The molecule has 2 aromatic rings. The van der Waals surface area contributed by atoms with E-state index in [0.29, 0.717) is 5.92 Å². The van der Waals surface area contributed by atoms with E-state index in [9.17, 15) is 0 Å². The number of nitrogens with zero attached hydrogens (tertiary/aromatic N) is 6. The SMILES string of the molecule is CCc1cnc(N2CCN(c3cc(C4CC4)ncn3)CC2)nc1. The van der Waals surface area contributed by atoms with Gasteiger partial charge in [0.15, 0.2) is 0 Å². The van der Waals surface area contributed by atoms with Crippen molar-refractivity contribution in [2.24, 2.45) is 0 Å². The molecule has 0 atom stereocenters. The quantitative estimate of drug-likeness (QED) is 0.861. The first-order valence-corrected chi connectivity index (χ1v) is 8.46. The van der Waals surface area contributed by atoms with Crippen molar-refractivity contribution in [1.29, 1.82) is 0 Å². The van der Waals surface area contributed by atoms with Gasteiger partial charge in [-0.1, -0.05) is 6.92 Å². The van der Waals surface area contributed by atoms with E-state index in [4.69, 9.17) is 0 Å². The third kappa shape index (κ3) is 3.11. The van der Waals surface area contributed by atoms with Gasteiger partial charge in [-0.2, -0.15) is 0 Å². The minimum atomic E-state index is 0.670. The number of aromatic nitrogens is 4. The largest absolute Gasteiger partial charge is 0.353 e. The number of piperazine rings is 1. The fraction of sp³-hybridized carbons (Fsp3) is 0.529. The molecular weight excluding hydrogens is 288 g/mol. The van der Waals surface area contributed by atoms with Gasteiger partial charge in [-0.05, 0) is 24.8 Å². The van der Waals surface area contributed by atoms with E-state index in [1.54, 1.807) is 6.33 Å². The summed E-state index contributed by atoms with van der Waals surface area (Å²) in [6, 6.07) is 2.17. The van der Waals surface area contributed by atoms with E-state index in [1.165, 1.54) is 24.1 Å². The summed E-state index contributed by atoms with van der Waals surface area (Å²) >= 11 is 0. The first kappa shape index (κ1) is 14.4. The molecule has 4 rings (SSSR count). The van der Waals surface area contributed by atoms with Crippen LogP contribution in [0.3, 0.4) is 0 Å². The Morgan fingerprint density at radius 1 is 0.957 bits per heavy atom. The maximum absolute atomic E-state index is 4.49. The summed E-state index contributed by atoms with van der Waals surface area (Å²) < 4.78 is 0. The van der Waals surface area contributed by atoms with E-state index in [-0.39, 0.29) is 0 Å². The molecule has 120 valence electrons. The Hall–Kier alpha value is -2.24. The minimum Gasteiger partial charge on any atom is -0.353 e. The summed E-state index contributed by atoms with van der Waals surface area (Å²) in [5.74, 6) is 2.57. The van der Waals surface area contributed by atoms with Gasteiger partial charge in [-0.25, -0.2) is 19.9 Å². The number of hydrogen-bond donors (Lipinski definition) is 0. The average molecular weight is 310 g/mol. The highest BCUT2D eigenvalue weighted by molar-refractivity contribution is 5.43. The Labute approximate surface area is 136 Å². The Morgan fingerprint density at radius 3 is 2.30 bits per heavy atom. The van der Waals surface area contributed by atoms with Crippen molar-refractivity contribution in [3.8, 4) is 0 Å². The molecule has 1 aliphatic carbocycles. The maximum atomic E-state index is 4.49. The molecule has 6 heteroatoms. The number of rotatable bonds is 4. The van der Waals surface area contributed by atoms with Crippen LogP contribution in [0.1, 0.15) is 36.9 Å². The predicted molar refractivity (Wildman–Crippen MR) is 89.8 cm³/mol. The van der Waals surface area contributed by atoms with Crippen molar-refractivity contribution in [2.45, 2.75) is 32.1 Å². The van der Waals surface area contributed by atoms with E-state index in [2.05, 4.69) is 42.7 Å². The van der Waals surface area contributed by atoms with Crippen molar-refractivity contribution in [1.82, 2.24) is 19.9 Å². The maximum Gasteiger partial charge on any atom is 0.225 e. The number of aryl methyl sites for hydroxylation is 1. The number of anilines is 2. The van der Waals surface area contributed by atoms with Crippen LogP contribution in [-0.2, 0) is 6.42 Å². The highest BCUT2D eigenvalue weighted by atomic mass is 15.3. The second-order valence-electron chi connectivity index (χ2n) is 6.29. The smallest absolute Gasteiger partial charge is 0.225 e. The summed E-state index contributed by atoms with van der Waals surface area (Å²) in [6.45, 7) is 5.86. The second-order valence-corrected chi connectivity index (χ2v) is 6.29. The van der Waals surface area contributed by atoms with Crippen LogP contribution in [0, 0.1) is 0 Å². The van der Waals surface area contributed by atoms with Crippen LogP contribution < -0.4 is 9.80 Å². The lowest BCUT2D eigenvalue weighted by molar-refractivity contribution is 0.632. The fourth-order valence-corrected chi connectivity index (χ4v) is 2.97. The molecule has 0 spiro atoms. The molecule has 1 aliphatic heterocycles. The molecule has 2 aliphatic rings. The molecule has 0 N–H and O–H groups in total. The lowest BCUT2D eigenvalue weighted by Crippen LogP contribution is -2.47. The predicted octanol–water partition coefficient (Wildman–Crippen LogP) is 2.03. The summed E-state index contributed by atoms with van der Waals surface area (Å²) in [6.07, 6.45) is 9.10. The molecule has 6 nitrogen and oxygen atoms in total. The second kappa shape index (κ2) is 6.10. The van der Waals surface area contributed by atoms with Crippen molar-refractivity contribution >= 4 is 11.8 Å². The molecule has 1 saturated carbocycles. The Balaban J connectivity index is 1.41. The van der Waals surface area contributed by atoms with Gasteiger partial charge in [-0.3, -0.25) is 0 Å². The summed E-state index contributed by atoms with van der Waals surface area (Å²) in [4.78, 5) is 22.4. The van der Waals surface area contributed by atoms with E-state index in [1.807, 2.05) is 12.4 Å². The highest BCUT2D eigenvalue weighted by Gasteiger charge is 2.26. The van der Waals surface area contributed by atoms with Gasteiger partial charge in [0.25, 0.3) is 0 Å². The van der Waals surface area contributed by atoms with Crippen LogP contribution in [0.4, 0.5) is 11.8 Å². The molecule has 1 saturated heterocycles. The Morgan fingerprint density at radius 2 is 1.65 bits per heavy atom. The standard InChI is InChI=1S/C17H22N6/c1-2-13-10-18-17(19-11-13)23-7-5-22(6-8-23)16-9-15(14-3-4-14)20-12-21-16/h9-12,14H,2-8H2,1H3. The minimum absolute atomic E-state index is 0.670. The summed E-state index contributed by atoms with van der Waals surface area (Å²) in [5.41, 5.74) is 2.39. The Bertz CT molecular complexity index is 659. The van der Waals surface area contributed by atoms with Crippen molar-refractivity contribution < 1.29 is 0 Å². The van der Waals surface area contributed by atoms with Gasteiger partial charge < -0.3 is 9.80 Å². The van der Waals surface area contributed by atoms with Crippen LogP contribution in [0.15, 0.2) is 24.8 Å². The zero-order valence-electron chi connectivity index (χ0n) is 13.5. The monoisotopic (exact) mass is 310 g/mol. The highest BCUT2D eigenvalue weighted by Crippen LogP contribution is 2.39. The normalized spacial score (nSPS) is 18.3. The topological polar surface area (TPSA) is 58.0 Å². The van der Waals surface area contributed by atoms with Gasteiger partial charge >= 0.3 is 0 Å². The van der Waals surface area contributed by atoms with Crippen LogP contribution in [0.5, 0.6) is 0 Å². The first-order chi connectivity index (χ1) is 11.3. The van der Waals surface area contributed by atoms with Gasteiger partial charge in [0, 0.05) is 56.3 Å². The average Bonchev–Trinajstić information content (AvgIpc) is 3.47. The molecular formula is C17H22N6. The zero-order valence-corrected chi connectivity index (χ0v) is 13.5. The molecule has 2 fully saturated rings. The molecule has 0 amide bonds. The van der Waals surface area contributed by atoms with E-state index in [0.717, 1.165) is 44.4 Å². The van der Waals surface area contributed by atoms with Crippen LogP contribution in [0.2, 0.25) is 0 Å². The lowest BCUT2D eigenvalue weighted by Gasteiger charge is -2.35. The first-order valence-electron chi connectivity index (χ1n) is 8.46. The molecule has 3 heterocycles. The summed E-state index contributed by atoms with van der Waals surface area (Å²) in [7, 11) is 0. The van der Waals surface area contributed by atoms with Gasteiger partial charge in [-0.15, -0.1) is 0 Å². The van der Waals surface area contributed by atoms with Crippen molar-refractivity contribution in [3.05, 3.63) is 36.0 Å². The molecule has 0 aromatic carbocycles. The zero-order chi connectivity index (χ0) is 15.6. The molecule has 0 bridgehead atoms. The molecule has 2 aromatic heterocycles. The van der Waals surface area contributed by atoms with Crippen LogP contribution in [-0.4, -0.2) is 46.1 Å². The van der Waals surface area contributed by atoms with Crippen molar-refractivity contribution in [2.75, 3.05) is 36.0 Å². The van der Waals surface area contributed by atoms with Gasteiger partial charge in [0.05, 0.1) is 0 Å².